The van der Waals surface area contributed by atoms with Crippen LogP contribution in [0.15, 0.2) is 150 Å². The molecule has 11 heteroatoms. The van der Waals surface area contributed by atoms with Gasteiger partial charge in [-0.25, -0.2) is 9.05 Å². The minimum atomic E-state index is -3.85. The van der Waals surface area contributed by atoms with E-state index in [1.165, 1.54) is 33.4 Å². The molecule has 0 saturated heterocycles. The Labute approximate surface area is 391 Å². The summed E-state index contributed by atoms with van der Waals surface area (Å²) in [6, 6.07) is 48.3. The van der Waals surface area contributed by atoms with Gasteiger partial charge in [-0.3, -0.25) is 9.05 Å². The lowest BCUT2D eigenvalue weighted by Gasteiger charge is -2.22. The number of nitrogens with zero attached hydrogens (tertiary/aromatic N) is 1. The molecule has 65 heavy (non-hydrogen) atoms. The monoisotopic (exact) mass is 932 g/mol. The third-order valence-corrected chi connectivity index (χ3v) is 16.5. The molecule has 6 aromatic carbocycles. The van der Waals surface area contributed by atoms with E-state index in [-0.39, 0.29) is 0 Å². The van der Waals surface area contributed by atoms with Crippen LogP contribution < -0.4 is 32.0 Å². The average Bonchev–Trinajstić information content (AvgIpc) is 3.27. The second kappa shape index (κ2) is 23.0. The van der Waals surface area contributed by atoms with Crippen LogP contribution in [0.4, 0.5) is 0 Å². The summed E-state index contributed by atoms with van der Waals surface area (Å²) in [6.07, 6.45) is 0. The first kappa shape index (κ1) is 49.5. The van der Waals surface area contributed by atoms with E-state index in [2.05, 4.69) is 161 Å². The van der Waals surface area contributed by atoms with Gasteiger partial charge in [-0.1, -0.05) is 156 Å². The summed E-state index contributed by atoms with van der Waals surface area (Å²) in [6.45, 7) is 26.0. The Balaban J connectivity index is 1.56. The molecule has 8 nitrogen and oxygen atoms in total. The van der Waals surface area contributed by atoms with Crippen LogP contribution >= 0.6 is 24.7 Å². The molecular weight excluding hydrogens is 866 g/mol. The van der Waals surface area contributed by atoms with Crippen LogP contribution in [0.1, 0.15) is 152 Å². The van der Waals surface area contributed by atoms with Gasteiger partial charge in [-0.2, -0.15) is 0 Å². The predicted octanol–water partition coefficient (Wildman–Crippen LogP) is 18.2. The normalized spacial score (nSPS) is 11.8. The first-order valence-electron chi connectivity index (χ1n) is 22.8. The van der Waals surface area contributed by atoms with Gasteiger partial charge >= 0.3 is 24.7 Å². The first-order chi connectivity index (χ1) is 31.0. The molecule has 0 amide bonds. The minimum Gasteiger partial charge on any atom is -0.425 e. The zero-order chi connectivity index (χ0) is 46.7. The molecule has 0 bridgehead atoms. The fourth-order valence-electron chi connectivity index (χ4n) is 6.57. The lowest BCUT2D eigenvalue weighted by molar-refractivity contribution is 0.438. The number of rotatable bonds is 21. The summed E-state index contributed by atoms with van der Waals surface area (Å²) in [5.74, 6) is 5.51. The zero-order valence-corrected chi connectivity index (χ0v) is 42.7. The van der Waals surface area contributed by atoms with Crippen molar-refractivity contribution in [2.24, 2.45) is 4.52 Å². The molecule has 0 aliphatic carbocycles. The molecule has 0 aromatic heterocycles. The molecule has 0 radical (unpaired) electrons. The molecule has 0 spiro atoms. The Bertz CT molecular complexity index is 2240. The van der Waals surface area contributed by atoms with Gasteiger partial charge in [-0.05, 0) is 147 Å². The van der Waals surface area contributed by atoms with Crippen molar-refractivity contribution >= 4 is 24.7 Å². The van der Waals surface area contributed by atoms with E-state index in [9.17, 15) is 0 Å². The van der Waals surface area contributed by atoms with E-state index in [0.29, 0.717) is 70.0 Å². The molecule has 342 valence electrons. The van der Waals surface area contributed by atoms with Crippen molar-refractivity contribution in [2.75, 3.05) is 0 Å². The standard InChI is InChI=1S/C54H67N2O6P3/c1-37(2)43-13-25-49(26-14-43)57-63(58-50-27-15-44(16-28-50)38(3)4)55-65(61-53-33-21-47(22-34-53)41(9)10,62-54-35-23-48(24-36-54)42(11)12)56-64(59-51-29-17-45(18-30-51)39(5)6)60-52-31-19-46(20-32-52)40(7)8/h13-42,55H,1-12H3/q+2. The summed E-state index contributed by atoms with van der Waals surface area (Å²) >= 11 is 0. The Morgan fingerprint density at radius 3 is 0.831 bits per heavy atom. The smallest absolute Gasteiger partial charge is 0.425 e. The van der Waals surface area contributed by atoms with Gasteiger partial charge in [0.2, 0.25) is 4.52 Å². The third-order valence-electron chi connectivity index (χ3n) is 10.9. The molecule has 1 N–H and O–H groups in total. The van der Waals surface area contributed by atoms with Crippen molar-refractivity contribution in [3.63, 3.8) is 0 Å². The van der Waals surface area contributed by atoms with Crippen molar-refractivity contribution in [1.82, 2.24) is 4.86 Å². The van der Waals surface area contributed by atoms with E-state index in [1.807, 2.05) is 72.8 Å². The van der Waals surface area contributed by atoms with Gasteiger partial charge in [0.1, 0.15) is 11.5 Å². The van der Waals surface area contributed by atoms with Crippen molar-refractivity contribution in [1.29, 1.82) is 0 Å². The molecule has 0 saturated carbocycles. The van der Waals surface area contributed by atoms with Gasteiger partial charge in [0, 0.05) is 0 Å². The van der Waals surface area contributed by atoms with E-state index in [0.717, 1.165) is 0 Å². The number of benzene rings is 6. The largest absolute Gasteiger partial charge is 0.715 e. The summed E-state index contributed by atoms with van der Waals surface area (Å²) in [5, 5.41) is 0. The first-order valence-corrected chi connectivity index (χ1v) is 26.6. The summed E-state index contributed by atoms with van der Waals surface area (Å²) in [5.41, 5.74) is 7.11. The zero-order valence-electron chi connectivity index (χ0n) is 40.1. The van der Waals surface area contributed by atoms with Gasteiger partial charge in [0.25, 0.3) is 0 Å². The highest BCUT2D eigenvalue weighted by molar-refractivity contribution is 7.75. The van der Waals surface area contributed by atoms with Crippen molar-refractivity contribution in [3.05, 3.63) is 179 Å². The summed E-state index contributed by atoms with van der Waals surface area (Å²) in [4.78, 5) is 3.64. The number of hydrogen-bond acceptors (Lipinski definition) is 8. The maximum atomic E-state index is 7.16. The highest BCUT2D eigenvalue weighted by Crippen LogP contribution is 2.66. The predicted molar refractivity (Wildman–Crippen MR) is 273 cm³/mol. The molecule has 0 aliphatic heterocycles. The van der Waals surface area contributed by atoms with Crippen LogP contribution in [0.2, 0.25) is 0 Å². The van der Waals surface area contributed by atoms with Gasteiger partial charge in [-0.15, -0.1) is 0 Å². The highest BCUT2D eigenvalue weighted by Gasteiger charge is 2.60. The summed E-state index contributed by atoms with van der Waals surface area (Å²) < 4.78 is 47.0. The van der Waals surface area contributed by atoms with Crippen LogP contribution in [-0.4, -0.2) is 0 Å². The van der Waals surface area contributed by atoms with Crippen LogP contribution in [0.5, 0.6) is 34.5 Å². The molecule has 0 fully saturated rings. The third kappa shape index (κ3) is 14.5. The maximum absolute atomic E-state index is 7.16. The molecule has 0 atom stereocenters. The summed E-state index contributed by atoms with van der Waals surface area (Å²) in [7, 11) is -8.13. The Hall–Kier alpha value is -4.96. The fraction of sp³-hybridized carbons (Fsp3) is 0.333. The SMILES string of the molecule is CC(C)c1ccc(OP(N[P+](N=[P+](Oc2ccc(C(C)C)cc2)Oc2ccc(C(C)C)cc2)(Oc2ccc(C(C)C)cc2)Oc2ccc(C(C)C)cc2)Oc2ccc(C(C)C)cc2)cc1. The van der Waals surface area contributed by atoms with E-state index in [4.69, 9.17) is 31.7 Å². The van der Waals surface area contributed by atoms with E-state index < -0.39 is 24.7 Å². The lowest BCUT2D eigenvalue weighted by atomic mass is 10.0. The van der Waals surface area contributed by atoms with Gasteiger partial charge < -0.3 is 9.05 Å². The molecule has 6 rings (SSSR count). The second-order valence-corrected chi connectivity index (χ2v) is 22.7. The fourth-order valence-corrected chi connectivity index (χ4v) is 12.1. The van der Waals surface area contributed by atoms with E-state index >= 15 is 0 Å². The Morgan fingerprint density at radius 1 is 0.354 bits per heavy atom. The maximum Gasteiger partial charge on any atom is 0.715 e. The highest BCUT2D eigenvalue weighted by atomic mass is 31.3. The van der Waals surface area contributed by atoms with Crippen LogP contribution in [0.3, 0.4) is 0 Å². The number of hydrogen-bond donors (Lipinski definition) is 1. The molecule has 6 aromatic rings. The Kier molecular flexibility index (Phi) is 17.5. The Morgan fingerprint density at radius 2 is 0.585 bits per heavy atom. The lowest BCUT2D eigenvalue weighted by Crippen LogP contribution is -2.23. The van der Waals surface area contributed by atoms with E-state index in [1.54, 1.807) is 0 Å². The van der Waals surface area contributed by atoms with Gasteiger partial charge in [0.15, 0.2) is 23.0 Å². The molecule has 0 aliphatic rings. The quantitative estimate of drug-likeness (QED) is 0.0720. The van der Waals surface area contributed by atoms with Crippen molar-refractivity contribution < 1.29 is 27.1 Å². The molecule has 0 unspecified atom stereocenters. The number of nitrogens with one attached hydrogen (secondary N) is 1. The minimum absolute atomic E-state index is 0.319. The van der Waals surface area contributed by atoms with Crippen LogP contribution in [0.25, 0.3) is 0 Å². The van der Waals surface area contributed by atoms with Crippen molar-refractivity contribution in [3.8, 4) is 34.5 Å². The average molecular weight is 933 g/mol. The van der Waals surface area contributed by atoms with Crippen LogP contribution in [0, 0.1) is 0 Å². The van der Waals surface area contributed by atoms with Gasteiger partial charge in [0.05, 0.1) is 0 Å². The molecule has 0 heterocycles. The topological polar surface area (TPSA) is 79.8 Å². The second-order valence-electron chi connectivity index (χ2n) is 18.1. The molecular formula is C54H67N2O6P3+2. The van der Waals surface area contributed by atoms with Crippen LogP contribution in [-0.2, 0) is 0 Å². The van der Waals surface area contributed by atoms with Crippen molar-refractivity contribution in [2.45, 2.75) is 119 Å².